The van der Waals surface area contributed by atoms with Gasteiger partial charge >= 0.3 is 0 Å². The second-order valence-electron chi connectivity index (χ2n) is 6.06. The molecular formula is C19H23N3O3. The monoisotopic (exact) mass is 341 g/mol. The molecule has 132 valence electrons. The van der Waals surface area contributed by atoms with Crippen LogP contribution in [-0.4, -0.2) is 38.2 Å². The number of hydrogen-bond acceptors (Lipinski definition) is 5. The summed E-state index contributed by atoms with van der Waals surface area (Å²) in [5.41, 5.74) is 1.98. The molecular weight excluding hydrogens is 318 g/mol. The lowest BCUT2D eigenvalue weighted by Crippen LogP contribution is -2.34. The van der Waals surface area contributed by atoms with Crippen LogP contribution in [0, 0.1) is 5.92 Å². The van der Waals surface area contributed by atoms with E-state index in [1.807, 2.05) is 30.3 Å². The van der Waals surface area contributed by atoms with Crippen molar-refractivity contribution >= 4 is 5.91 Å². The molecule has 0 radical (unpaired) electrons. The third-order valence-corrected chi connectivity index (χ3v) is 4.58. The van der Waals surface area contributed by atoms with E-state index in [9.17, 15) is 4.79 Å². The smallest absolute Gasteiger partial charge is 0.225 e. The largest absolute Gasteiger partial charge is 0.497 e. The van der Waals surface area contributed by atoms with Crippen molar-refractivity contribution in [2.45, 2.75) is 12.5 Å². The molecule has 0 saturated carbocycles. The van der Waals surface area contributed by atoms with Gasteiger partial charge in [0.2, 0.25) is 5.91 Å². The van der Waals surface area contributed by atoms with E-state index in [4.69, 9.17) is 9.47 Å². The van der Waals surface area contributed by atoms with E-state index >= 15 is 0 Å². The summed E-state index contributed by atoms with van der Waals surface area (Å²) in [5.74, 6) is 1.46. The Hall–Kier alpha value is -2.60. The molecule has 0 spiro atoms. The van der Waals surface area contributed by atoms with Crippen LogP contribution in [0.1, 0.15) is 17.0 Å². The van der Waals surface area contributed by atoms with Crippen LogP contribution < -0.4 is 20.1 Å². The first kappa shape index (κ1) is 17.2. The molecule has 1 fully saturated rings. The van der Waals surface area contributed by atoms with Gasteiger partial charge in [-0.25, -0.2) is 0 Å². The molecule has 1 aliphatic heterocycles. The molecule has 1 aromatic carbocycles. The van der Waals surface area contributed by atoms with E-state index in [0.717, 1.165) is 29.2 Å². The van der Waals surface area contributed by atoms with Crippen LogP contribution in [0.5, 0.6) is 11.5 Å². The highest BCUT2D eigenvalue weighted by molar-refractivity contribution is 5.80. The Morgan fingerprint density at radius 3 is 2.88 bits per heavy atom. The molecule has 1 saturated heterocycles. The summed E-state index contributed by atoms with van der Waals surface area (Å²) >= 11 is 0. The van der Waals surface area contributed by atoms with Crippen LogP contribution in [0.15, 0.2) is 42.7 Å². The standard InChI is InChI=1S/C19H23N3O3/c1-24-14-5-6-18(25-2)15(8-14)16-11-21-12-17(16)19(23)22-10-13-4-3-7-20-9-13/h3-9,16-17,21H,10-12H2,1-2H3,(H,22,23). The van der Waals surface area contributed by atoms with E-state index < -0.39 is 0 Å². The lowest BCUT2D eigenvalue weighted by atomic mass is 9.87. The molecule has 1 aliphatic rings. The molecule has 2 aromatic rings. The van der Waals surface area contributed by atoms with Gasteiger partial charge < -0.3 is 20.1 Å². The van der Waals surface area contributed by atoms with Gasteiger partial charge in [0, 0.05) is 43.5 Å². The Morgan fingerprint density at radius 1 is 1.28 bits per heavy atom. The van der Waals surface area contributed by atoms with E-state index in [2.05, 4.69) is 15.6 Å². The highest BCUT2D eigenvalue weighted by Gasteiger charge is 2.35. The van der Waals surface area contributed by atoms with Gasteiger partial charge in [-0.3, -0.25) is 9.78 Å². The quantitative estimate of drug-likeness (QED) is 0.837. The van der Waals surface area contributed by atoms with Gasteiger partial charge in [0.25, 0.3) is 0 Å². The third-order valence-electron chi connectivity index (χ3n) is 4.58. The normalized spacial score (nSPS) is 19.4. The maximum Gasteiger partial charge on any atom is 0.225 e. The lowest BCUT2D eigenvalue weighted by molar-refractivity contribution is -0.125. The molecule has 3 rings (SSSR count). The van der Waals surface area contributed by atoms with Crippen molar-refractivity contribution in [2.24, 2.45) is 5.92 Å². The summed E-state index contributed by atoms with van der Waals surface area (Å²) in [7, 11) is 3.28. The van der Waals surface area contributed by atoms with Crippen molar-refractivity contribution in [3.63, 3.8) is 0 Å². The number of rotatable bonds is 6. The predicted molar refractivity (Wildman–Crippen MR) is 94.7 cm³/mol. The zero-order chi connectivity index (χ0) is 17.6. The van der Waals surface area contributed by atoms with E-state index in [-0.39, 0.29) is 17.7 Å². The van der Waals surface area contributed by atoms with Crippen molar-refractivity contribution < 1.29 is 14.3 Å². The van der Waals surface area contributed by atoms with Gasteiger partial charge in [-0.1, -0.05) is 6.07 Å². The minimum absolute atomic E-state index is 0.0312. The number of carbonyl (C=O) groups is 1. The average molecular weight is 341 g/mol. The van der Waals surface area contributed by atoms with E-state index in [1.54, 1.807) is 26.6 Å². The molecule has 2 heterocycles. The minimum Gasteiger partial charge on any atom is -0.497 e. The number of ether oxygens (including phenoxy) is 2. The van der Waals surface area contributed by atoms with Gasteiger partial charge in [0.05, 0.1) is 20.1 Å². The van der Waals surface area contributed by atoms with Gasteiger partial charge in [0.1, 0.15) is 11.5 Å². The van der Waals surface area contributed by atoms with E-state index in [1.165, 1.54) is 0 Å². The van der Waals surface area contributed by atoms with Crippen molar-refractivity contribution in [3.05, 3.63) is 53.9 Å². The van der Waals surface area contributed by atoms with E-state index in [0.29, 0.717) is 13.1 Å². The number of methoxy groups -OCH3 is 2. The van der Waals surface area contributed by atoms with Crippen LogP contribution in [0.2, 0.25) is 0 Å². The summed E-state index contributed by atoms with van der Waals surface area (Å²) in [6.45, 7) is 1.85. The maximum atomic E-state index is 12.7. The van der Waals surface area contributed by atoms with Crippen LogP contribution in [0.25, 0.3) is 0 Å². The third kappa shape index (κ3) is 3.91. The first-order valence-corrected chi connectivity index (χ1v) is 8.32. The molecule has 0 bridgehead atoms. The average Bonchev–Trinajstić information content (AvgIpc) is 3.16. The number of nitrogens with zero attached hydrogens (tertiary/aromatic N) is 1. The van der Waals surface area contributed by atoms with Crippen LogP contribution >= 0.6 is 0 Å². The number of hydrogen-bond donors (Lipinski definition) is 2. The molecule has 0 aliphatic carbocycles. The predicted octanol–water partition coefficient (Wildman–Crippen LogP) is 1.72. The van der Waals surface area contributed by atoms with Crippen LogP contribution in [-0.2, 0) is 11.3 Å². The topological polar surface area (TPSA) is 72.5 Å². The fourth-order valence-electron chi connectivity index (χ4n) is 3.23. The van der Waals surface area contributed by atoms with Crippen LogP contribution in [0.3, 0.4) is 0 Å². The molecule has 1 aromatic heterocycles. The zero-order valence-corrected chi connectivity index (χ0v) is 14.5. The second-order valence-corrected chi connectivity index (χ2v) is 6.06. The Labute approximate surface area is 147 Å². The van der Waals surface area contributed by atoms with Crippen molar-refractivity contribution in [1.29, 1.82) is 0 Å². The van der Waals surface area contributed by atoms with Gasteiger partial charge in [-0.15, -0.1) is 0 Å². The number of amides is 1. The molecule has 25 heavy (non-hydrogen) atoms. The maximum absolute atomic E-state index is 12.7. The summed E-state index contributed by atoms with van der Waals surface area (Å²) in [5, 5.41) is 6.33. The molecule has 6 heteroatoms. The molecule has 2 N–H and O–H groups in total. The Kier molecular flexibility index (Phi) is 5.50. The number of aromatic nitrogens is 1. The molecule has 2 atom stereocenters. The summed E-state index contributed by atoms with van der Waals surface area (Å²) in [6, 6.07) is 9.52. The lowest BCUT2D eigenvalue weighted by Gasteiger charge is -2.21. The minimum atomic E-state index is -0.155. The Balaban J connectivity index is 1.75. The SMILES string of the molecule is COc1ccc(OC)c(C2CNCC2C(=O)NCc2cccnc2)c1. The Morgan fingerprint density at radius 2 is 2.16 bits per heavy atom. The zero-order valence-electron chi connectivity index (χ0n) is 14.5. The fraction of sp³-hybridized carbons (Fsp3) is 0.368. The van der Waals surface area contributed by atoms with Gasteiger partial charge in [-0.2, -0.15) is 0 Å². The van der Waals surface area contributed by atoms with Gasteiger partial charge in [-0.05, 0) is 29.8 Å². The molecule has 1 amide bonds. The van der Waals surface area contributed by atoms with Crippen molar-refractivity contribution in [2.75, 3.05) is 27.3 Å². The molecule has 2 unspecified atom stereocenters. The molecule has 6 nitrogen and oxygen atoms in total. The first-order chi connectivity index (χ1) is 12.2. The summed E-state index contributed by atoms with van der Waals surface area (Å²) in [4.78, 5) is 16.8. The van der Waals surface area contributed by atoms with Crippen molar-refractivity contribution in [3.8, 4) is 11.5 Å². The van der Waals surface area contributed by atoms with Gasteiger partial charge in [0.15, 0.2) is 0 Å². The van der Waals surface area contributed by atoms with Crippen molar-refractivity contribution in [1.82, 2.24) is 15.6 Å². The summed E-state index contributed by atoms with van der Waals surface area (Å²) < 4.78 is 10.8. The summed E-state index contributed by atoms with van der Waals surface area (Å²) in [6.07, 6.45) is 3.48. The number of carbonyl (C=O) groups excluding carboxylic acids is 1. The highest BCUT2D eigenvalue weighted by Crippen LogP contribution is 2.36. The Bertz CT molecular complexity index is 721. The highest BCUT2D eigenvalue weighted by atomic mass is 16.5. The number of benzene rings is 1. The second kappa shape index (κ2) is 7.98. The number of pyridine rings is 1. The van der Waals surface area contributed by atoms with Crippen LogP contribution in [0.4, 0.5) is 0 Å². The first-order valence-electron chi connectivity index (χ1n) is 8.32. The fourth-order valence-corrected chi connectivity index (χ4v) is 3.23. The number of nitrogens with one attached hydrogen (secondary N) is 2.